The molecule has 0 saturated heterocycles. The molecule has 0 saturated carbocycles. The van der Waals surface area contributed by atoms with E-state index in [0.29, 0.717) is 6.61 Å². The minimum absolute atomic E-state index is 0.0999. The molecule has 1 amide bonds. The van der Waals surface area contributed by atoms with Crippen molar-refractivity contribution in [2.45, 2.75) is 52.2 Å². The van der Waals surface area contributed by atoms with Crippen LogP contribution in [0.15, 0.2) is 0 Å². The topological polar surface area (TPSA) is 38.3 Å². The molecule has 0 fully saturated rings. The van der Waals surface area contributed by atoms with Crippen LogP contribution in [-0.2, 0) is 9.53 Å². The Kier molecular flexibility index (Phi) is 4.40. The lowest BCUT2D eigenvalue weighted by molar-refractivity contribution is -0.111. The summed E-state index contributed by atoms with van der Waals surface area (Å²) in [6, 6.07) is 0. The van der Waals surface area contributed by atoms with E-state index in [-0.39, 0.29) is 11.1 Å². The third-order valence-corrected chi connectivity index (χ3v) is 1.71. The lowest BCUT2D eigenvalue weighted by Gasteiger charge is -2.26. The van der Waals surface area contributed by atoms with Crippen LogP contribution in [0.2, 0.25) is 0 Å². The predicted molar refractivity (Wildman–Crippen MR) is 53.6 cm³/mol. The molecule has 1 N–H and O–H groups in total. The van der Waals surface area contributed by atoms with Gasteiger partial charge in [0.15, 0.2) is 0 Å². The van der Waals surface area contributed by atoms with Crippen molar-refractivity contribution in [3.8, 4) is 0 Å². The second-order valence-corrected chi connectivity index (χ2v) is 4.86. The lowest BCUT2D eigenvalue weighted by Crippen LogP contribution is -2.39. The third kappa shape index (κ3) is 7.78. The van der Waals surface area contributed by atoms with E-state index < -0.39 is 0 Å². The largest absolute Gasteiger partial charge is 0.376 e. The number of amides is 1. The summed E-state index contributed by atoms with van der Waals surface area (Å²) in [6.07, 6.45) is 1.56. The van der Waals surface area contributed by atoms with Crippen LogP contribution in [0.1, 0.15) is 41.0 Å². The van der Waals surface area contributed by atoms with Gasteiger partial charge < -0.3 is 10.1 Å². The average molecular weight is 187 g/mol. The Morgan fingerprint density at radius 3 is 2.15 bits per heavy atom. The van der Waals surface area contributed by atoms with Crippen molar-refractivity contribution in [2.75, 3.05) is 6.61 Å². The maximum absolute atomic E-state index is 10.2. The minimum Gasteiger partial charge on any atom is -0.376 e. The molecular formula is C10H21NO2. The number of hydrogen-bond acceptors (Lipinski definition) is 2. The maximum atomic E-state index is 10.2. The molecule has 0 atom stereocenters. The fourth-order valence-electron chi connectivity index (χ4n) is 0.844. The first-order chi connectivity index (χ1) is 5.77. The average Bonchev–Trinajstić information content (AvgIpc) is 1.82. The number of carbonyl (C=O) groups excluding carboxylic acids is 1. The van der Waals surface area contributed by atoms with Gasteiger partial charge in [0.1, 0.15) is 0 Å². The second-order valence-electron chi connectivity index (χ2n) is 4.86. The maximum Gasteiger partial charge on any atom is 0.207 e. The number of rotatable bonds is 5. The standard InChI is InChI=1S/C10H21NO2/c1-9(2,3)13-7-6-10(4,5)11-8-12/h8H,6-7H2,1-5H3,(H,11,12). The first kappa shape index (κ1) is 12.4. The fraction of sp³-hybridized carbons (Fsp3) is 0.900. The Hall–Kier alpha value is -0.570. The highest BCUT2D eigenvalue weighted by atomic mass is 16.5. The Balaban J connectivity index is 3.69. The number of nitrogens with one attached hydrogen (secondary N) is 1. The highest BCUT2D eigenvalue weighted by molar-refractivity contribution is 5.47. The van der Waals surface area contributed by atoms with Gasteiger partial charge in [-0.2, -0.15) is 0 Å². The second kappa shape index (κ2) is 4.61. The smallest absolute Gasteiger partial charge is 0.207 e. The van der Waals surface area contributed by atoms with Crippen LogP contribution < -0.4 is 5.32 Å². The minimum atomic E-state index is -0.174. The van der Waals surface area contributed by atoms with E-state index in [1.807, 2.05) is 34.6 Å². The zero-order valence-electron chi connectivity index (χ0n) is 9.31. The fourth-order valence-corrected chi connectivity index (χ4v) is 0.844. The van der Waals surface area contributed by atoms with E-state index >= 15 is 0 Å². The number of ether oxygens (including phenoxy) is 1. The summed E-state index contributed by atoms with van der Waals surface area (Å²) >= 11 is 0. The molecule has 0 aromatic carbocycles. The SMILES string of the molecule is CC(C)(CCOC(C)(C)C)NC=O. The van der Waals surface area contributed by atoms with Crippen molar-refractivity contribution in [1.29, 1.82) is 0 Å². The summed E-state index contributed by atoms with van der Waals surface area (Å²) in [5.41, 5.74) is -0.274. The molecule has 0 unspecified atom stereocenters. The normalized spacial score (nSPS) is 12.7. The van der Waals surface area contributed by atoms with Gasteiger partial charge in [0.2, 0.25) is 6.41 Å². The molecule has 0 aliphatic heterocycles. The van der Waals surface area contributed by atoms with Crippen LogP contribution in [0.5, 0.6) is 0 Å². The molecule has 0 rings (SSSR count). The highest BCUT2D eigenvalue weighted by Gasteiger charge is 2.18. The van der Waals surface area contributed by atoms with Gasteiger partial charge in [-0.1, -0.05) is 0 Å². The van der Waals surface area contributed by atoms with Crippen LogP contribution in [0, 0.1) is 0 Å². The van der Waals surface area contributed by atoms with E-state index in [0.717, 1.165) is 12.8 Å². The lowest BCUT2D eigenvalue weighted by atomic mass is 10.0. The van der Waals surface area contributed by atoms with Crippen molar-refractivity contribution in [3.05, 3.63) is 0 Å². The Morgan fingerprint density at radius 1 is 1.23 bits per heavy atom. The summed E-state index contributed by atoms with van der Waals surface area (Å²) in [7, 11) is 0. The summed E-state index contributed by atoms with van der Waals surface area (Å²) in [5, 5.41) is 2.75. The van der Waals surface area contributed by atoms with Gasteiger partial charge in [-0.3, -0.25) is 4.79 Å². The van der Waals surface area contributed by atoms with Crippen LogP contribution in [0.25, 0.3) is 0 Å². The van der Waals surface area contributed by atoms with Gasteiger partial charge >= 0.3 is 0 Å². The van der Waals surface area contributed by atoms with Crippen LogP contribution in [0.4, 0.5) is 0 Å². The number of hydrogen-bond donors (Lipinski definition) is 1. The molecular weight excluding hydrogens is 166 g/mol. The quantitative estimate of drug-likeness (QED) is 0.665. The molecule has 13 heavy (non-hydrogen) atoms. The van der Waals surface area contributed by atoms with Gasteiger partial charge in [-0.15, -0.1) is 0 Å². The summed E-state index contributed by atoms with van der Waals surface area (Å²) in [5.74, 6) is 0. The molecule has 3 nitrogen and oxygen atoms in total. The molecule has 0 bridgehead atoms. The molecule has 0 spiro atoms. The number of carbonyl (C=O) groups is 1. The predicted octanol–water partition coefficient (Wildman–Crippen LogP) is 1.72. The third-order valence-electron chi connectivity index (χ3n) is 1.71. The van der Waals surface area contributed by atoms with Gasteiger partial charge in [-0.05, 0) is 41.0 Å². The first-order valence-corrected chi connectivity index (χ1v) is 4.62. The van der Waals surface area contributed by atoms with E-state index in [2.05, 4.69) is 5.32 Å². The first-order valence-electron chi connectivity index (χ1n) is 4.62. The van der Waals surface area contributed by atoms with Gasteiger partial charge in [0.05, 0.1) is 5.60 Å². The summed E-state index contributed by atoms with van der Waals surface area (Å²) in [6.45, 7) is 10.7. The molecule has 0 radical (unpaired) electrons. The summed E-state index contributed by atoms with van der Waals surface area (Å²) in [4.78, 5) is 10.2. The molecule has 0 aromatic rings. The molecule has 0 aromatic heterocycles. The van der Waals surface area contributed by atoms with Crippen LogP contribution >= 0.6 is 0 Å². The Bertz CT molecular complexity index is 159. The highest BCUT2D eigenvalue weighted by Crippen LogP contribution is 2.12. The van der Waals surface area contributed by atoms with Crippen molar-refractivity contribution in [2.24, 2.45) is 0 Å². The van der Waals surface area contributed by atoms with E-state index in [1.165, 1.54) is 0 Å². The Morgan fingerprint density at radius 2 is 1.77 bits per heavy atom. The van der Waals surface area contributed by atoms with E-state index in [9.17, 15) is 4.79 Å². The molecule has 0 heterocycles. The van der Waals surface area contributed by atoms with Crippen molar-refractivity contribution < 1.29 is 9.53 Å². The van der Waals surface area contributed by atoms with Crippen molar-refractivity contribution in [3.63, 3.8) is 0 Å². The van der Waals surface area contributed by atoms with Gasteiger partial charge in [0, 0.05) is 12.1 Å². The zero-order valence-corrected chi connectivity index (χ0v) is 9.31. The Labute approximate surface area is 80.8 Å². The summed E-state index contributed by atoms with van der Waals surface area (Å²) < 4.78 is 5.56. The van der Waals surface area contributed by atoms with Gasteiger partial charge in [0.25, 0.3) is 0 Å². The zero-order chi connectivity index (χ0) is 10.5. The van der Waals surface area contributed by atoms with Crippen LogP contribution in [-0.4, -0.2) is 24.2 Å². The molecule has 3 heteroatoms. The van der Waals surface area contributed by atoms with Gasteiger partial charge in [-0.25, -0.2) is 0 Å². The monoisotopic (exact) mass is 187 g/mol. The van der Waals surface area contributed by atoms with Crippen molar-refractivity contribution in [1.82, 2.24) is 5.32 Å². The molecule has 0 aliphatic rings. The van der Waals surface area contributed by atoms with E-state index in [1.54, 1.807) is 0 Å². The van der Waals surface area contributed by atoms with E-state index in [4.69, 9.17) is 4.74 Å². The van der Waals surface area contributed by atoms with Crippen LogP contribution in [0.3, 0.4) is 0 Å². The van der Waals surface area contributed by atoms with Crippen molar-refractivity contribution >= 4 is 6.41 Å². The molecule has 78 valence electrons. The molecule has 0 aliphatic carbocycles.